The minimum atomic E-state index is -0.262. The normalized spacial score (nSPS) is 15.7. The molecule has 0 saturated carbocycles. The summed E-state index contributed by atoms with van der Waals surface area (Å²) in [6.07, 6.45) is 6.04. The maximum absolute atomic E-state index is 13.6. The summed E-state index contributed by atoms with van der Waals surface area (Å²) in [7, 11) is 0. The van der Waals surface area contributed by atoms with Crippen LogP contribution in [0.15, 0.2) is 61.1 Å². The van der Waals surface area contributed by atoms with Crippen molar-refractivity contribution in [3.63, 3.8) is 0 Å². The van der Waals surface area contributed by atoms with Crippen LogP contribution in [0.3, 0.4) is 0 Å². The molecule has 6 heteroatoms. The molecule has 33 heavy (non-hydrogen) atoms. The number of benzene rings is 1. The number of nitrogens with zero attached hydrogens (tertiary/aromatic N) is 3. The quantitative estimate of drug-likeness (QED) is 0.472. The van der Waals surface area contributed by atoms with Crippen LogP contribution in [0.2, 0.25) is 0 Å². The van der Waals surface area contributed by atoms with E-state index in [1.165, 1.54) is 0 Å². The number of rotatable bonds is 3. The van der Waals surface area contributed by atoms with Gasteiger partial charge in [-0.05, 0) is 47.7 Å². The third kappa shape index (κ3) is 3.75. The van der Waals surface area contributed by atoms with E-state index in [1.54, 1.807) is 12.4 Å². The number of para-hydroxylation sites is 1. The van der Waals surface area contributed by atoms with Crippen molar-refractivity contribution >= 4 is 11.4 Å². The molecule has 4 aromatic rings. The van der Waals surface area contributed by atoms with Crippen molar-refractivity contribution in [2.75, 3.05) is 6.61 Å². The van der Waals surface area contributed by atoms with Crippen molar-refractivity contribution in [3.05, 3.63) is 83.3 Å². The Bertz CT molecular complexity index is 1340. The summed E-state index contributed by atoms with van der Waals surface area (Å²) in [6.45, 7) is 9.05. The van der Waals surface area contributed by atoms with E-state index in [9.17, 15) is 4.79 Å². The Labute approximate surface area is 193 Å². The van der Waals surface area contributed by atoms with Gasteiger partial charge in [-0.1, -0.05) is 39.0 Å². The molecule has 5 rings (SSSR count). The molecule has 0 radical (unpaired) electrons. The number of ether oxygens (including phenoxy) is 1. The Morgan fingerprint density at radius 1 is 1.15 bits per heavy atom. The average Bonchev–Trinajstić information content (AvgIpc) is 3.14. The van der Waals surface area contributed by atoms with Gasteiger partial charge in [0.15, 0.2) is 0 Å². The highest BCUT2D eigenvalue weighted by Gasteiger charge is 2.30. The molecular weight excluding hydrogens is 412 g/mol. The molecule has 1 aliphatic heterocycles. The van der Waals surface area contributed by atoms with Gasteiger partial charge >= 0.3 is 0 Å². The van der Waals surface area contributed by atoms with Gasteiger partial charge in [-0.3, -0.25) is 9.78 Å². The maximum Gasteiger partial charge on any atom is 0.253 e. The first kappa shape index (κ1) is 21.2. The Kier molecular flexibility index (Phi) is 5.16. The van der Waals surface area contributed by atoms with Crippen LogP contribution in [-0.2, 0) is 5.41 Å². The Morgan fingerprint density at radius 2 is 1.97 bits per heavy atom. The van der Waals surface area contributed by atoms with Crippen molar-refractivity contribution in [1.82, 2.24) is 19.9 Å². The van der Waals surface area contributed by atoms with Gasteiger partial charge in [-0.25, -0.2) is 4.52 Å². The van der Waals surface area contributed by atoms with Crippen molar-refractivity contribution in [2.45, 2.75) is 45.6 Å². The number of fused-ring (bicyclic) bond motifs is 2. The fourth-order valence-corrected chi connectivity index (χ4v) is 4.78. The summed E-state index contributed by atoms with van der Waals surface area (Å²) in [5.74, 6) is 0.723. The summed E-state index contributed by atoms with van der Waals surface area (Å²) >= 11 is 0. The minimum Gasteiger partial charge on any atom is -0.493 e. The van der Waals surface area contributed by atoms with Crippen LogP contribution >= 0.6 is 0 Å². The van der Waals surface area contributed by atoms with Gasteiger partial charge in [0, 0.05) is 29.9 Å². The average molecular weight is 441 g/mol. The first-order valence-electron chi connectivity index (χ1n) is 11.3. The monoisotopic (exact) mass is 440 g/mol. The van der Waals surface area contributed by atoms with Crippen LogP contribution in [0, 0.1) is 6.92 Å². The van der Waals surface area contributed by atoms with Gasteiger partial charge in [0.2, 0.25) is 0 Å². The number of nitrogens with one attached hydrogen (secondary N) is 1. The topological polar surface area (TPSA) is 68.5 Å². The third-order valence-corrected chi connectivity index (χ3v) is 6.19. The van der Waals surface area contributed by atoms with Crippen molar-refractivity contribution in [1.29, 1.82) is 0 Å². The number of carbonyl (C=O) groups is 1. The number of aryl methyl sites for hydroxylation is 1. The van der Waals surface area contributed by atoms with Crippen molar-refractivity contribution < 1.29 is 9.53 Å². The fraction of sp³-hybridized carbons (Fsp3) is 0.296. The lowest BCUT2D eigenvalue weighted by Gasteiger charge is -2.28. The van der Waals surface area contributed by atoms with E-state index in [2.05, 4.69) is 44.1 Å². The zero-order valence-corrected chi connectivity index (χ0v) is 19.4. The van der Waals surface area contributed by atoms with E-state index >= 15 is 0 Å². The molecule has 6 nitrogen and oxygen atoms in total. The van der Waals surface area contributed by atoms with Crippen molar-refractivity contribution in [3.8, 4) is 17.0 Å². The Balaban J connectivity index is 1.60. The molecule has 0 bridgehead atoms. The van der Waals surface area contributed by atoms with Gasteiger partial charge < -0.3 is 10.1 Å². The summed E-state index contributed by atoms with van der Waals surface area (Å²) in [5, 5.41) is 7.96. The smallest absolute Gasteiger partial charge is 0.253 e. The number of hydrogen-bond donors (Lipinski definition) is 1. The zero-order chi connectivity index (χ0) is 23.2. The second-order valence-electron chi connectivity index (χ2n) is 9.60. The van der Waals surface area contributed by atoms with E-state index in [-0.39, 0.29) is 17.4 Å². The predicted molar refractivity (Wildman–Crippen MR) is 129 cm³/mol. The molecule has 1 amide bonds. The number of pyridine rings is 1. The van der Waals surface area contributed by atoms with Gasteiger partial charge in [0.05, 0.1) is 35.6 Å². The zero-order valence-electron chi connectivity index (χ0n) is 19.4. The molecule has 1 atom stereocenters. The largest absolute Gasteiger partial charge is 0.493 e. The van der Waals surface area contributed by atoms with Gasteiger partial charge in [0.1, 0.15) is 5.75 Å². The van der Waals surface area contributed by atoms with Crippen LogP contribution in [0.1, 0.15) is 60.3 Å². The highest BCUT2D eigenvalue weighted by atomic mass is 16.5. The molecule has 1 aliphatic rings. The number of amides is 1. The second-order valence-corrected chi connectivity index (χ2v) is 9.60. The van der Waals surface area contributed by atoms with E-state index in [4.69, 9.17) is 9.84 Å². The standard InChI is InChI=1S/C27H28N4O2/c1-17-14-22-24(27(2,3)4)20(16-29-31(22)25(17)18-8-7-12-28-15-18)26(32)30-21-11-13-33-23-10-6-5-9-19(21)23/h5-10,12,14-16,21H,11,13H2,1-4H3,(H,30,32)/t21-/m0/s1. The van der Waals surface area contributed by atoms with Crippen LogP contribution < -0.4 is 10.1 Å². The lowest BCUT2D eigenvalue weighted by molar-refractivity contribution is 0.0922. The Morgan fingerprint density at radius 3 is 2.73 bits per heavy atom. The summed E-state index contributed by atoms with van der Waals surface area (Å²) in [6, 6.07) is 13.9. The molecule has 0 aliphatic carbocycles. The highest BCUT2D eigenvalue weighted by Crippen LogP contribution is 2.36. The molecular formula is C27H28N4O2. The lowest BCUT2D eigenvalue weighted by atomic mass is 9.83. The molecule has 1 N–H and O–H groups in total. The third-order valence-electron chi connectivity index (χ3n) is 6.19. The molecule has 3 aromatic heterocycles. The summed E-state index contributed by atoms with van der Waals surface area (Å²) < 4.78 is 7.70. The van der Waals surface area contributed by atoms with Crippen LogP contribution in [0.4, 0.5) is 0 Å². The maximum atomic E-state index is 13.6. The SMILES string of the molecule is Cc1cc2c(C(C)(C)C)c(C(=O)N[C@H]3CCOc4ccccc43)cnn2c1-c1cccnc1. The summed E-state index contributed by atoms with van der Waals surface area (Å²) in [4.78, 5) is 17.9. The highest BCUT2D eigenvalue weighted by molar-refractivity contribution is 5.98. The van der Waals surface area contributed by atoms with E-state index in [0.717, 1.165) is 45.6 Å². The molecule has 4 heterocycles. The van der Waals surface area contributed by atoms with Gasteiger partial charge in [-0.2, -0.15) is 5.10 Å². The molecule has 1 aromatic carbocycles. The van der Waals surface area contributed by atoms with Crippen LogP contribution in [0.25, 0.3) is 16.8 Å². The van der Waals surface area contributed by atoms with Gasteiger partial charge in [-0.15, -0.1) is 0 Å². The summed E-state index contributed by atoms with van der Waals surface area (Å²) in [5.41, 5.74) is 6.37. The van der Waals surface area contributed by atoms with E-state index < -0.39 is 0 Å². The van der Waals surface area contributed by atoms with E-state index in [0.29, 0.717) is 12.2 Å². The molecule has 0 saturated heterocycles. The number of hydrogen-bond acceptors (Lipinski definition) is 4. The lowest BCUT2D eigenvalue weighted by Crippen LogP contribution is -2.34. The number of carbonyl (C=O) groups excluding carboxylic acids is 1. The molecule has 0 fully saturated rings. The first-order valence-corrected chi connectivity index (χ1v) is 11.3. The number of aromatic nitrogens is 3. The van der Waals surface area contributed by atoms with E-state index in [1.807, 2.05) is 47.1 Å². The Hall–Kier alpha value is -3.67. The molecule has 0 spiro atoms. The van der Waals surface area contributed by atoms with Crippen LogP contribution in [0.5, 0.6) is 5.75 Å². The van der Waals surface area contributed by atoms with Crippen molar-refractivity contribution in [2.24, 2.45) is 0 Å². The fourth-order valence-electron chi connectivity index (χ4n) is 4.78. The molecule has 0 unspecified atom stereocenters. The second kappa shape index (κ2) is 8.03. The van der Waals surface area contributed by atoms with Crippen LogP contribution in [-0.4, -0.2) is 27.1 Å². The minimum absolute atomic E-state index is 0.0917. The molecule has 168 valence electrons. The predicted octanol–water partition coefficient (Wildman–Crippen LogP) is 5.26. The first-order chi connectivity index (χ1) is 15.8. The van der Waals surface area contributed by atoms with Gasteiger partial charge in [0.25, 0.3) is 5.91 Å².